The van der Waals surface area contributed by atoms with Crippen LogP contribution in [-0.4, -0.2) is 8.07 Å². The minimum atomic E-state index is -3.13. The third-order valence-corrected chi connectivity index (χ3v) is 9.42. The highest BCUT2D eigenvalue weighted by Gasteiger charge is 2.37. The number of benzene rings is 2. The summed E-state index contributed by atoms with van der Waals surface area (Å²) in [5.74, 6) is 0.723. The zero-order valence-electron chi connectivity index (χ0n) is 16.6. The van der Waals surface area contributed by atoms with Crippen molar-refractivity contribution in [2.45, 2.75) is 25.7 Å². The molecule has 1 unspecified atom stereocenters. The van der Waals surface area contributed by atoms with E-state index < -0.39 is 15.4 Å². The summed E-state index contributed by atoms with van der Waals surface area (Å²) in [5.41, 5.74) is 3.14. The van der Waals surface area contributed by atoms with Crippen molar-refractivity contribution in [2.75, 3.05) is 0 Å². The quantitative estimate of drug-likeness (QED) is 0.323. The minimum Gasteiger partial charge on any atom is -0.467 e. The Morgan fingerprint density at radius 2 is 1.50 bits per heavy atom. The second-order valence-electron chi connectivity index (χ2n) is 7.70. The molecule has 144 valence electrons. The smallest absolute Gasteiger partial charge is 0.205 e. The maximum absolute atomic E-state index is 14.5. The van der Waals surface area contributed by atoms with E-state index in [4.69, 9.17) is 4.42 Å². The van der Waals surface area contributed by atoms with E-state index >= 15 is 0 Å². The lowest BCUT2D eigenvalue weighted by atomic mass is 10.2. The first-order valence-electron chi connectivity index (χ1n) is 9.29. The summed E-state index contributed by atoms with van der Waals surface area (Å²) in [6, 6.07) is 22.6. The van der Waals surface area contributed by atoms with Gasteiger partial charge in [0.25, 0.3) is 0 Å². The van der Waals surface area contributed by atoms with Crippen molar-refractivity contribution in [1.29, 1.82) is 0 Å². The van der Waals surface area contributed by atoms with Crippen LogP contribution in [0.25, 0.3) is 0 Å². The molecule has 0 bridgehead atoms. The van der Waals surface area contributed by atoms with Gasteiger partial charge in [0.2, 0.25) is 7.29 Å². The fourth-order valence-corrected chi connectivity index (χ4v) is 7.41. The zero-order valence-corrected chi connectivity index (χ0v) is 18.4. The summed E-state index contributed by atoms with van der Waals surface area (Å²) < 4.78 is 20.2. The van der Waals surface area contributed by atoms with Gasteiger partial charge in [-0.15, -0.1) is 5.73 Å². The Balaban J connectivity index is 2.17. The maximum atomic E-state index is 14.5. The van der Waals surface area contributed by atoms with E-state index in [2.05, 4.69) is 37.0 Å². The van der Waals surface area contributed by atoms with Crippen molar-refractivity contribution in [2.24, 2.45) is 0 Å². The van der Waals surface area contributed by atoms with Gasteiger partial charge in [-0.1, -0.05) is 62.6 Å². The number of hydrogen-bond donors (Lipinski definition) is 1. The molecule has 0 fully saturated rings. The molecule has 1 aromatic heterocycles. The van der Waals surface area contributed by atoms with Gasteiger partial charge in [-0.25, -0.2) is 5.09 Å². The Hall–Kier alpha value is -2.35. The normalized spacial score (nSPS) is 13.0. The van der Waals surface area contributed by atoms with E-state index in [1.807, 2.05) is 72.8 Å². The molecule has 0 radical (unpaired) electrons. The van der Waals surface area contributed by atoms with Gasteiger partial charge in [0.05, 0.1) is 20.4 Å². The Labute approximate surface area is 168 Å². The molecule has 0 aliphatic carbocycles. The molecular weight excluding hydrogens is 381 g/mol. The number of furan rings is 1. The van der Waals surface area contributed by atoms with E-state index in [0.29, 0.717) is 0 Å². The standard InChI is InChI=1S/C23H26NO2PSi/c1-5-22(28(2,3)4)23(21-17-12-18-26-21)24-27(25,19-13-8-6-9-14-19)20-15-10-7-11-16-20/h6-18,23H,1H2,2-4H3,(H,24,25). The van der Waals surface area contributed by atoms with Gasteiger partial charge < -0.3 is 4.42 Å². The van der Waals surface area contributed by atoms with E-state index in [0.717, 1.165) is 21.6 Å². The van der Waals surface area contributed by atoms with Crippen LogP contribution in [0, 0.1) is 0 Å². The molecule has 0 aliphatic rings. The first kappa shape index (κ1) is 20.4. The van der Waals surface area contributed by atoms with Crippen molar-refractivity contribution in [3.05, 3.63) is 102 Å². The molecule has 0 saturated carbocycles. The summed E-state index contributed by atoms with van der Waals surface area (Å²) in [6.07, 6.45) is 1.64. The lowest BCUT2D eigenvalue weighted by Gasteiger charge is -2.31. The molecule has 0 saturated heterocycles. The summed E-state index contributed by atoms with van der Waals surface area (Å²) >= 11 is 0. The van der Waals surface area contributed by atoms with E-state index in [1.165, 1.54) is 0 Å². The Bertz CT molecular complexity index is 958. The van der Waals surface area contributed by atoms with Crippen molar-refractivity contribution in [1.82, 2.24) is 5.09 Å². The molecule has 0 amide bonds. The van der Waals surface area contributed by atoms with E-state index in [1.54, 1.807) is 6.26 Å². The molecule has 0 spiro atoms. The molecular formula is C23H26NO2PSi. The Kier molecular flexibility index (Phi) is 6.07. The minimum absolute atomic E-state index is 0.356. The zero-order chi connectivity index (χ0) is 20.2. The highest BCUT2D eigenvalue weighted by atomic mass is 31.2. The van der Waals surface area contributed by atoms with E-state index in [9.17, 15) is 4.57 Å². The van der Waals surface area contributed by atoms with Crippen LogP contribution in [0.15, 0.2) is 101 Å². The first-order valence-corrected chi connectivity index (χ1v) is 14.5. The van der Waals surface area contributed by atoms with Crippen molar-refractivity contribution in [3.8, 4) is 0 Å². The van der Waals surface area contributed by atoms with Crippen LogP contribution in [0.1, 0.15) is 11.8 Å². The Morgan fingerprint density at radius 3 is 1.89 bits per heavy atom. The maximum Gasteiger partial charge on any atom is 0.205 e. The molecule has 1 N–H and O–H groups in total. The molecule has 1 atom stereocenters. The van der Waals surface area contributed by atoms with Crippen LogP contribution < -0.4 is 15.7 Å². The number of nitrogens with one attached hydrogen (secondary N) is 1. The molecule has 3 aromatic rings. The van der Waals surface area contributed by atoms with Crippen molar-refractivity contribution in [3.63, 3.8) is 0 Å². The van der Waals surface area contributed by atoms with Crippen LogP contribution in [-0.2, 0) is 4.57 Å². The molecule has 3 nitrogen and oxygen atoms in total. The SMILES string of the molecule is C=C=C(C(NP(=O)(c1ccccc1)c1ccccc1)c1ccco1)[Si](C)(C)C. The average Bonchev–Trinajstić information content (AvgIpc) is 3.22. The van der Waals surface area contributed by atoms with Gasteiger partial charge in [0, 0.05) is 10.6 Å². The predicted molar refractivity (Wildman–Crippen MR) is 120 cm³/mol. The molecule has 2 aromatic carbocycles. The summed E-state index contributed by atoms with van der Waals surface area (Å²) in [4.78, 5) is 0. The predicted octanol–water partition coefficient (Wildman–Crippen LogP) is 5.43. The third-order valence-electron chi connectivity index (χ3n) is 4.67. The van der Waals surface area contributed by atoms with Gasteiger partial charge in [-0.3, -0.25) is 4.57 Å². The Morgan fingerprint density at radius 1 is 0.964 bits per heavy atom. The van der Waals surface area contributed by atoms with Gasteiger partial charge in [-0.2, -0.15) is 0 Å². The van der Waals surface area contributed by atoms with Gasteiger partial charge in [0.1, 0.15) is 5.76 Å². The van der Waals surface area contributed by atoms with Crippen LogP contribution in [0.3, 0.4) is 0 Å². The monoisotopic (exact) mass is 407 g/mol. The lowest BCUT2D eigenvalue weighted by Crippen LogP contribution is -2.37. The van der Waals surface area contributed by atoms with Crippen molar-refractivity contribution >= 4 is 26.0 Å². The number of rotatable bonds is 7. The summed E-state index contributed by atoms with van der Waals surface area (Å²) in [7, 11) is -4.94. The van der Waals surface area contributed by atoms with Crippen molar-refractivity contribution < 1.29 is 8.98 Å². The topological polar surface area (TPSA) is 42.2 Å². The molecule has 3 rings (SSSR count). The average molecular weight is 408 g/mol. The number of hydrogen-bond acceptors (Lipinski definition) is 2. The fourth-order valence-electron chi connectivity index (χ4n) is 3.28. The highest BCUT2D eigenvalue weighted by Crippen LogP contribution is 2.44. The highest BCUT2D eigenvalue weighted by molar-refractivity contribution is 7.76. The first-order chi connectivity index (χ1) is 13.4. The summed E-state index contributed by atoms with van der Waals surface area (Å²) in [5, 5.41) is 6.04. The second-order valence-corrected chi connectivity index (χ2v) is 15.2. The van der Waals surface area contributed by atoms with Crippen LogP contribution in [0.4, 0.5) is 0 Å². The molecule has 5 heteroatoms. The fraction of sp³-hybridized carbons (Fsp3) is 0.174. The van der Waals surface area contributed by atoms with Crippen LogP contribution in [0.2, 0.25) is 19.6 Å². The van der Waals surface area contributed by atoms with Crippen LogP contribution >= 0.6 is 7.29 Å². The third kappa shape index (κ3) is 4.21. The molecule has 0 aliphatic heterocycles. The van der Waals surface area contributed by atoms with E-state index in [-0.39, 0.29) is 6.04 Å². The van der Waals surface area contributed by atoms with Gasteiger partial charge in [0.15, 0.2) is 0 Å². The summed E-state index contributed by atoms with van der Waals surface area (Å²) in [6.45, 7) is 10.6. The second kappa shape index (κ2) is 8.34. The largest absolute Gasteiger partial charge is 0.467 e. The van der Waals surface area contributed by atoms with Crippen LogP contribution in [0.5, 0.6) is 0 Å². The van der Waals surface area contributed by atoms with Gasteiger partial charge in [-0.05, 0) is 41.6 Å². The molecule has 28 heavy (non-hydrogen) atoms. The van der Waals surface area contributed by atoms with Gasteiger partial charge >= 0.3 is 0 Å². The molecule has 1 heterocycles. The lowest BCUT2D eigenvalue weighted by molar-refractivity contribution is 0.475.